The minimum Gasteiger partial charge on any atom is -0.460 e. The van der Waals surface area contributed by atoms with Gasteiger partial charge in [0.1, 0.15) is 6.67 Å². The van der Waals surface area contributed by atoms with Gasteiger partial charge in [0, 0.05) is 28.5 Å². The van der Waals surface area contributed by atoms with Crippen LogP contribution < -0.4 is 15.2 Å². The minimum atomic E-state index is -4.70. The number of hydrogen-bond acceptors (Lipinski definition) is 15. The Morgan fingerprint density at radius 2 is 1.49 bits per heavy atom. The molecule has 18 heteroatoms. The first kappa shape index (κ1) is 34.9. The molecule has 51 heavy (non-hydrogen) atoms. The molecule has 3 heterocycles. The number of ether oxygens (including phenoxy) is 5. The van der Waals surface area contributed by atoms with Gasteiger partial charge in [-0.15, -0.1) is 11.8 Å². The van der Waals surface area contributed by atoms with Gasteiger partial charge in [-0.05, 0) is 47.9 Å². The molecule has 0 unspecified atom stereocenters. The first-order valence-electron chi connectivity index (χ1n) is 15.9. The predicted molar refractivity (Wildman–Crippen MR) is 177 cm³/mol. The van der Waals surface area contributed by atoms with Gasteiger partial charge in [-0.3, -0.25) is 19.3 Å². The van der Waals surface area contributed by atoms with Gasteiger partial charge in [-0.2, -0.15) is 0 Å². The monoisotopic (exact) mass is 743 g/mol. The average molecular weight is 744 g/mol. The lowest BCUT2D eigenvalue weighted by molar-refractivity contribution is -0.128. The second kappa shape index (κ2) is 14.2. The molecule has 1 aromatic heterocycles. The molecule has 0 spiro atoms. The Morgan fingerprint density at radius 3 is 2.14 bits per heavy atom. The van der Waals surface area contributed by atoms with Crippen LogP contribution in [0.2, 0.25) is 0 Å². The minimum absolute atomic E-state index is 0.0337. The molecular weight excluding hydrogens is 709 g/mol. The molecule has 3 saturated carbocycles. The van der Waals surface area contributed by atoms with E-state index in [0.29, 0.717) is 5.92 Å². The normalized spacial score (nSPS) is 21.5. The van der Waals surface area contributed by atoms with E-state index in [4.69, 9.17) is 18.3 Å². The van der Waals surface area contributed by atoms with E-state index >= 15 is 0 Å². The zero-order valence-electron chi connectivity index (χ0n) is 27.6. The summed E-state index contributed by atoms with van der Waals surface area (Å²) in [6, 6.07) is 17.3. The molecule has 0 N–H and O–H groups in total. The maximum atomic E-state index is 14.5. The van der Waals surface area contributed by atoms with Crippen LogP contribution in [0.4, 0.5) is 9.59 Å². The molecule has 5 aliphatic rings. The Labute approximate surface area is 296 Å². The number of carbonyl (C=O) groups excluding carboxylic acids is 3. The zero-order valence-corrected chi connectivity index (χ0v) is 29.3. The summed E-state index contributed by atoms with van der Waals surface area (Å²) in [4.78, 5) is 53.6. The highest BCUT2D eigenvalue weighted by molar-refractivity contribution is 7.98. The predicted octanol–water partition coefficient (Wildman–Crippen LogP) is 5.12. The maximum Gasteiger partial charge on any atom is 0.510 e. The lowest BCUT2D eigenvalue weighted by atomic mass is 9.49. The van der Waals surface area contributed by atoms with E-state index < -0.39 is 51.8 Å². The van der Waals surface area contributed by atoms with Gasteiger partial charge in [0.15, 0.2) is 5.69 Å². The second-order valence-electron chi connectivity index (χ2n) is 12.2. The SMILES string of the molecule is COC(=O)OCOP(=O)(OCOC(=O)OC)OCOc1c2n(ccc1=O)N([C@H]1c3ccccc3CSc3ccccc31)CN(C13CC(C1)C3)C2=O. The van der Waals surface area contributed by atoms with E-state index in [1.54, 1.807) is 22.6 Å². The first-order valence-corrected chi connectivity index (χ1v) is 18.3. The number of thioether (sulfide) groups is 1. The number of pyridine rings is 1. The molecular formula is C33H34N3O13PS. The number of nitrogens with zero attached hydrogens (tertiary/aromatic N) is 3. The Morgan fingerprint density at radius 1 is 0.863 bits per heavy atom. The summed E-state index contributed by atoms with van der Waals surface area (Å²) >= 11 is 1.74. The van der Waals surface area contributed by atoms with Crippen molar-refractivity contribution in [1.82, 2.24) is 9.58 Å². The summed E-state index contributed by atoms with van der Waals surface area (Å²) in [6.07, 6.45) is 1.86. The van der Waals surface area contributed by atoms with Gasteiger partial charge in [0.25, 0.3) is 5.91 Å². The largest absolute Gasteiger partial charge is 0.510 e. The fourth-order valence-corrected chi connectivity index (χ4v) is 8.73. The maximum absolute atomic E-state index is 14.5. The third-order valence-corrected chi connectivity index (χ3v) is 11.8. The van der Waals surface area contributed by atoms with E-state index in [-0.39, 0.29) is 29.7 Å². The zero-order chi connectivity index (χ0) is 35.8. The van der Waals surface area contributed by atoms with E-state index in [9.17, 15) is 23.7 Å². The van der Waals surface area contributed by atoms with Crippen molar-refractivity contribution < 1.29 is 56.2 Å². The summed E-state index contributed by atoms with van der Waals surface area (Å²) in [5.41, 5.74) is 2.26. The van der Waals surface area contributed by atoms with Gasteiger partial charge in [0.2, 0.25) is 31.6 Å². The molecule has 270 valence electrons. The number of hydrogen-bond donors (Lipinski definition) is 0. The highest BCUT2D eigenvalue weighted by Crippen LogP contribution is 2.61. The summed E-state index contributed by atoms with van der Waals surface area (Å²) in [6.45, 7) is -2.56. The van der Waals surface area contributed by atoms with Crippen molar-refractivity contribution in [3.05, 3.63) is 93.4 Å². The van der Waals surface area contributed by atoms with Crippen molar-refractivity contribution in [2.45, 2.75) is 41.5 Å². The fraction of sp³-hybridized carbons (Fsp3) is 0.394. The average Bonchev–Trinajstić information content (AvgIpc) is 3.25. The second-order valence-corrected chi connectivity index (χ2v) is 14.9. The first-order chi connectivity index (χ1) is 24.6. The molecule has 2 bridgehead atoms. The molecule has 2 aliphatic heterocycles. The molecule has 3 aliphatic carbocycles. The Kier molecular flexibility index (Phi) is 9.74. The number of fused-ring (bicyclic) bond motifs is 3. The number of rotatable bonds is 12. The Balaban J connectivity index is 1.23. The highest BCUT2D eigenvalue weighted by atomic mass is 32.2. The number of amides is 1. The van der Waals surface area contributed by atoms with Crippen LogP contribution in [-0.2, 0) is 42.8 Å². The quantitative estimate of drug-likeness (QED) is 0.136. The summed E-state index contributed by atoms with van der Waals surface area (Å²) in [5, 5.41) is 2.07. The molecule has 2 aromatic carbocycles. The van der Waals surface area contributed by atoms with Crippen molar-refractivity contribution in [2.24, 2.45) is 5.92 Å². The topological polar surface area (TPSA) is 171 Å². The van der Waals surface area contributed by atoms with E-state index in [1.165, 1.54) is 6.07 Å². The smallest absolute Gasteiger partial charge is 0.460 e. The molecule has 0 radical (unpaired) electrons. The van der Waals surface area contributed by atoms with Crippen LogP contribution in [0.25, 0.3) is 0 Å². The van der Waals surface area contributed by atoms with Gasteiger partial charge in [0.05, 0.1) is 20.3 Å². The summed E-state index contributed by atoms with van der Waals surface area (Å²) in [5.74, 6) is 0.576. The summed E-state index contributed by atoms with van der Waals surface area (Å²) < 4.78 is 54.0. The van der Waals surface area contributed by atoms with Gasteiger partial charge < -0.3 is 28.6 Å². The van der Waals surface area contributed by atoms with Crippen LogP contribution in [0.1, 0.15) is 52.5 Å². The number of methoxy groups -OCH3 is 2. The number of phosphoric acid groups is 1. The van der Waals surface area contributed by atoms with Crippen LogP contribution in [-0.4, -0.2) is 74.6 Å². The molecule has 16 nitrogen and oxygen atoms in total. The van der Waals surface area contributed by atoms with E-state index in [2.05, 4.69) is 48.2 Å². The van der Waals surface area contributed by atoms with E-state index in [1.807, 2.05) is 29.2 Å². The molecule has 0 saturated heterocycles. The molecule has 3 aromatic rings. The molecule has 1 amide bonds. The van der Waals surface area contributed by atoms with Crippen LogP contribution in [0.15, 0.2) is 70.5 Å². The van der Waals surface area contributed by atoms with Crippen LogP contribution in [0.3, 0.4) is 0 Å². The highest BCUT2D eigenvalue weighted by Gasteiger charge is 2.63. The number of aromatic nitrogens is 1. The number of benzene rings is 2. The van der Waals surface area contributed by atoms with Crippen LogP contribution in [0, 0.1) is 5.92 Å². The Bertz CT molecular complexity index is 1870. The molecule has 3 fully saturated rings. The third kappa shape index (κ3) is 6.67. The van der Waals surface area contributed by atoms with Crippen molar-refractivity contribution in [3.8, 4) is 5.75 Å². The standard InChI is InChI=1S/C33H34N3O13PS/c1-42-31(39)45-19-48-50(41,49-20-46-32(40)43-2)47-18-44-29-25(37)11-12-35-28(29)30(38)34(33-13-21(14-33)15-33)17-36(35)27-23-8-4-3-7-22(23)16-51-26-10-6-5-9-24(26)27/h3-12,21,27H,13-20H2,1-2H3/t21?,27-,33?/m0/s1. The van der Waals surface area contributed by atoms with Gasteiger partial charge >= 0.3 is 20.1 Å². The van der Waals surface area contributed by atoms with Crippen molar-refractivity contribution in [1.29, 1.82) is 0 Å². The van der Waals surface area contributed by atoms with Gasteiger partial charge in [-0.25, -0.2) is 27.7 Å². The molecule has 1 atom stereocenters. The fourth-order valence-electron chi connectivity index (χ4n) is 6.87. The number of carbonyl (C=O) groups is 3. The number of phosphoric ester groups is 1. The molecule has 8 rings (SSSR count). The lowest BCUT2D eigenvalue weighted by Gasteiger charge is -2.67. The van der Waals surface area contributed by atoms with Crippen LogP contribution >= 0.6 is 19.6 Å². The van der Waals surface area contributed by atoms with Crippen molar-refractivity contribution in [2.75, 3.05) is 46.3 Å². The Hall–Kier alpha value is -4.54. The lowest BCUT2D eigenvalue weighted by Crippen LogP contribution is -2.73. The van der Waals surface area contributed by atoms with Crippen molar-refractivity contribution in [3.63, 3.8) is 0 Å². The van der Waals surface area contributed by atoms with Crippen LogP contribution in [0.5, 0.6) is 5.75 Å². The van der Waals surface area contributed by atoms with Gasteiger partial charge in [-0.1, -0.05) is 42.5 Å². The third-order valence-electron chi connectivity index (χ3n) is 9.39. The summed E-state index contributed by atoms with van der Waals surface area (Å²) in [7, 11) is -2.59. The van der Waals surface area contributed by atoms with Crippen molar-refractivity contribution >= 4 is 37.8 Å². The van der Waals surface area contributed by atoms with E-state index in [0.717, 1.165) is 60.8 Å².